The first-order valence-electron chi connectivity index (χ1n) is 10.6. The van der Waals surface area contributed by atoms with Crippen LogP contribution >= 0.6 is 0 Å². The topological polar surface area (TPSA) is 90.2 Å². The lowest BCUT2D eigenvalue weighted by molar-refractivity contribution is -0.150. The Morgan fingerprint density at radius 1 is 1.16 bits per heavy atom. The van der Waals surface area contributed by atoms with Crippen molar-refractivity contribution in [1.29, 1.82) is 0 Å². The van der Waals surface area contributed by atoms with Crippen LogP contribution in [0.3, 0.4) is 0 Å². The van der Waals surface area contributed by atoms with Crippen molar-refractivity contribution in [2.45, 2.75) is 31.8 Å². The van der Waals surface area contributed by atoms with E-state index < -0.39 is 6.29 Å². The Kier molecular flexibility index (Phi) is 7.21. The summed E-state index contributed by atoms with van der Waals surface area (Å²) in [5.41, 5.74) is 3.59. The van der Waals surface area contributed by atoms with Gasteiger partial charge in [-0.3, -0.25) is 4.79 Å². The fourth-order valence-electron chi connectivity index (χ4n) is 3.70. The number of hydrogen-bond acceptors (Lipinski definition) is 6. The molecule has 3 aromatic rings. The highest BCUT2D eigenvalue weighted by Crippen LogP contribution is 2.36. The molecule has 1 aromatic heterocycles. The van der Waals surface area contributed by atoms with Gasteiger partial charge in [-0.05, 0) is 23.3 Å². The molecule has 2 atom stereocenters. The maximum absolute atomic E-state index is 12.7. The number of rotatable bonds is 9. The molecule has 4 rings (SSSR count). The molecule has 2 heterocycles. The number of benzene rings is 2. The highest BCUT2D eigenvalue weighted by Gasteiger charge is 2.30. The Morgan fingerprint density at radius 3 is 2.72 bits per heavy atom. The molecule has 0 fully saturated rings. The zero-order valence-corrected chi connectivity index (χ0v) is 18.0. The van der Waals surface area contributed by atoms with Crippen LogP contribution < -0.4 is 5.32 Å². The summed E-state index contributed by atoms with van der Waals surface area (Å²) in [7, 11) is 1.58. The lowest BCUT2D eigenvalue weighted by Gasteiger charge is -2.29. The molecule has 1 amide bonds. The predicted molar refractivity (Wildman–Crippen MR) is 119 cm³/mol. The van der Waals surface area contributed by atoms with Gasteiger partial charge in [-0.25, -0.2) is 0 Å². The second kappa shape index (κ2) is 10.5. The molecule has 7 nitrogen and oxygen atoms in total. The average molecular weight is 437 g/mol. The maximum Gasteiger partial charge on any atom is 0.286 e. The molecule has 2 aromatic carbocycles. The number of para-hydroxylation sites is 1. The van der Waals surface area contributed by atoms with Gasteiger partial charge in [0.25, 0.3) is 5.91 Å². The molecule has 0 radical (unpaired) electrons. The third-order valence-electron chi connectivity index (χ3n) is 5.42. The van der Waals surface area contributed by atoms with Crippen LogP contribution in [-0.2, 0) is 32.2 Å². The second-order valence-corrected chi connectivity index (χ2v) is 7.64. The molecule has 0 aliphatic carbocycles. The van der Waals surface area contributed by atoms with Gasteiger partial charge >= 0.3 is 0 Å². The summed E-state index contributed by atoms with van der Waals surface area (Å²) in [5, 5.41) is 13.0. The zero-order chi connectivity index (χ0) is 22.3. The highest BCUT2D eigenvalue weighted by molar-refractivity contribution is 5.92. The van der Waals surface area contributed by atoms with Crippen molar-refractivity contribution in [2.75, 3.05) is 20.3 Å². The maximum atomic E-state index is 12.7. The van der Waals surface area contributed by atoms with Crippen molar-refractivity contribution in [3.8, 4) is 0 Å². The Labute approximate surface area is 186 Å². The van der Waals surface area contributed by atoms with E-state index in [4.69, 9.17) is 18.6 Å². The lowest BCUT2D eigenvalue weighted by Crippen LogP contribution is -2.34. The number of methoxy groups -OCH3 is 1. The minimum absolute atomic E-state index is 0.000449. The van der Waals surface area contributed by atoms with Gasteiger partial charge in [0, 0.05) is 36.9 Å². The normalized spacial score (nSPS) is 18.2. The summed E-state index contributed by atoms with van der Waals surface area (Å²) in [6, 6.07) is 15.3. The monoisotopic (exact) mass is 437 g/mol. The van der Waals surface area contributed by atoms with Gasteiger partial charge in [0.15, 0.2) is 5.76 Å². The van der Waals surface area contributed by atoms with Gasteiger partial charge < -0.3 is 29.1 Å². The van der Waals surface area contributed by atoms with Crippen molar-refractivity contribution >= 4 is 16.9 Å². The molecule has 1 aliphatic heterocycles. The van der Waals surface area contributed by atoms with E-state index in [1.54, 1.807) is 13.4 Å². The fraction of sp³-hybridized carbons (Fsp3) is 0.320. The first-order chi connectivity index (χ1) is 15.7. The number of allylic oxidation sites excluding steroid dienone is 1. The third-order valence-corrected chi connectivity index (χ3v) is 5.42. The van der Waals surface area contributed by atoms with Crippen molar-refractivity contribution < 1.29 is 28.5 Å². The van der Waals surface area contributed by atoms with E-state index in [-0.39, 0.29) is 24.2 Å². The number of aliphatic hydroxyl groups is 1. The largest absolute Gasteiger partial charge is 0.464 e. The summed E-state index contributed by atoms with van der Waals surface area (Å²) in [4.78, 5) is 12.7. The molecule has 1 aliphatic rings. The number of amides is 1. The number of carbonyl (C=O) groups is 1. The number of fused-ring (bicyclic) bond motifs is 1. The van der Waals surface area contributed by atoms with Gasteiger partial charge in [-0.2, -0.15) is 0 Å². The summed E-state index contributed by atoms with van der Waals surface area (Å²) in [6.07, 6.45) is 3.52. The second-order valence-electron chi connectivity index (χ2n) is 7.64. The minimum Gasteiger partial charge on any atom is -0.464 e. The van der Waals surface area contributed by atoms with E-state index in [0.29, 0.717) is 26.2 Å². The van der Waals surface area contributed by atoms with Gasteiger partial charge in [0.1, 0.15) is 5.58 Å². The van der Waals surface area contributed by atoms with Crippen LogP contribution in [0.2, 0.25) is 0 Å². The highest BCUT2D eigenvalue weighted by atomic mass is 16.7. The van der Waals surface area contributed by atoms with E-state index >= 15 is 0 Å². The quantitative estimate of drug-likeness (QED) is 0.497. The van der Waals surface area contributed by atoms with E-state index in [2.05, 4.69) is 5.32 Å². The fourth-order valence-corrected chi connectivity index (χ4v) is 3.70. The van der Waals surface area contributed by atoms with E-state index in [1.807, 2.05) is 54.6 Å². The van der Waals surface area contributed by atoms with Crippen molar-refractivity contribution in [3.05, 3.63) is 83.3 Å². The standard InChI is InChI=1S/C25H27NO6/c1-29-11-10-26-25(28)23-12-19(21-16-30-22-5-3-2-4-20(21)22)13-24(32-23)31-15-18-8-6-17(14-27)7-9-18/h2-9,12,16,19,24,27H,10-11,13-15H2,1H3,(H,26,28)/t19-,24+/m1/s1. The first kappa shape index (κ1) is 22.1. The van der Waals surface area contributed by atoms with Crippen LogP contribution in [0.15, 0.2) is 71.0 Å². The van der Waals surface area contributed by atoms with E-state index in [0.717, 1.165) is 27.7 Å². The number of furan rings is 1. The van der Waals surface area contributed by atoms with Crippen LogP contribution in [0.4, 0.5) is 0 Å². The minimum atomic E-state index is -0.598. The molecule has 0 unspecified atom stereocenters. The van der Waals surface area contributed by atoms with Gasteiger partial charge in [0.2, 0.25) is 6.29 Å². The number of ether oxygens (including phenoxy) is 3. The van der Waals surface area contributed by atoms with Crippen LogP contribution in [0, 0.1) is 0 Å². The number of carbonyl (C=O) groups excluding carboxylic acids is 1. The first-order valence-corrected chi connectivity index (χ1v) is 10.6. The number of nitrogens with one attached hydrogen (secondary N) is 1. The molecule has 32 heavy (non-hydrogen) atoms. The van der Waals surface area contributed by atoms with Gasteiger partial charge in [0.05, 0.1) is 26.1 Å². The van der Waals surface area contributed by atoms with Crippen LogP contribution in [0.1, 0.15) is 29.0 Å². The summed E-state index contributed by atoms with van der Waals surface area (Å²) >= 11 is 0. The predicted octanol–water partition coefficient (Wildman–Crippen LogP) is 3.62. The van der Waals surface area contributed by atoms with Crippen molar-refractivity contribution in [1.82, 2.24) is 5.32 Å². The molecule has 0 bridgehead atoms. The molecular formula is C25H27NO6. The Balaban J connectivity index is 1.52. The lowest BCUT2D eigenvalue weighted by atomic mass is 9.92. The van der Waals surface area contributed by atoms with Crippen molar-refractivity contribution in [2.24, 2.45) is 0 Å². The van der Waals surface area contributed by atoms with Gasteiger partial charge in [-0.1, -0.05) is 42.5 Å². The van der Waals surface area contributed by atoms with E-state index in [9.17, 15) is 9.90 Å². The third kappa shape index (κ3) is 5.19. The summed E-state index contributed by atoms with van der Waals surface area (Å²) in [5.74, 6) is -0.180. The molecule has 0 saturated heterocycles. The Hall–Kier alpha value is -3.13. The summed E-state index contributed by atoms with van der Waals surface area (Å²) in [6.45, 7) is 1.13. The molecule has 0 saturated carbocycles. The average Bonchev–Trinajstić information content (AvgIpc) is 3.27. The zero-order valence-electron chi connectivity index (χ0n) is 18.0. The SMILES string of the molecule is COCCNC(=O)C1=C[C@@H](c2coc3ccccc23)C[C@@H](OCc2ccc(CO)cc2)O1. The van der Waals surface area contributed by atoms with Crippen LogP contribution in [0.25, 0.3) is 11.0 Å². The Bertz CT molecular complexity index is 1070. The van der Waals surface area contributed by atoms with Crippen molar-refractivity contribution in [3.63, 3.8) is 0 Å². The number of hydrogen-bond donors (Lipinski definition) is 2. The molecule has 0 spiro atoms. The van der Waals surface area contributed by atoms with Crippen LogP contribution in [-0.4, -0.2) is 37.6 Å². The van der Waals surface area contributed by atoms with E-state index in [1.165, 1.54) is 0 Å². The molecule has 7 heteroatoms. The number of aliphatic hydroxyl groups excluding tert-OH is 1. The Morgan fingerprint density at radius 2 is 1.94 bits per heavy atom. The molecule has 168 valence electrons. The summed E-state index contributed by atoms with van der Waals surface area (Å²) < 4.78 is 22.6. The van der Waals surface area contributed by atoms with Crippen LogP contribution in [0.5, 0.6) is 0 Å². The molecule has 2 N–H and O–H groups in total. The van der Waals surface area contributed by atoms with Gasteiger partial charge in [-0.15, -0.1) is 0 Å². The smallest absolute Gasteiger partial charge is 0.286 e. The molecular weight excluding hydrogens is 410 g/mol.